The van der Waals surface area contributed by atoms with Crippen LogP contribution in [-0.4, -0.2) is 10.1 Å². The molecule has 2 aromatic rings. The molecule has 1 unspecified atom stereocenters. The van der Waals surface area contributed by atoms with Crippen LogP contribution in [0.2, 0.25) is 0 Å². The molecule has 1 aromatic carbocycles. The first kappa shape index (κ1) is 10.8. The van der Waals surface area contributed by atoms with Crippen molar-refractivity contribution in [2.45, 2.75) is 20.0 Å². The summed E-state index contributed by atoms with van der Waals surface area (Å²) in [7, 11) is 0. The number of nitrogens with zero attached hydrogens (tertiary/aromatic N) is 1. The molecule has 0 radical (unpaired) electrons. The lowest BCUT2D eigenvalue weighted by Gasteiger charge is -2.14. The lowest BCUT2D eigenvalue weighted by Crippen LogP contribution is -2.02. The van der Waals surface area contributed by atoms with E-state index in [0.717, 1.165) is 22.3 Å². The fourth-order valence-electron chi connectivity index (χ4n) is 1.77. The Hall–Kier alpha value is -1.67. The number of aromatic nitrogens is 1. The highest BCUT2D eigenvalue weighted by atomic mass is 16.3. The molecule has 16 heavy (non-hydrogen) atoms. The first-order valence-electron chi connectivity index (χ1n) is 5.33. The van der Waals surface area contributed by atoms with E-state index in [9.17, 15) is 5.11 Å². The van der Waals surface area contributed by atoms with Crippen LogP contribution in [0.25, 0.3) is 0 Å². The van der Waals surface area contributed by atoms with Crippen molar-refractivity contribution in [1.29, 1.82) is 0 Å². The van der Waals surface area contributed by atoms with Crippen LogP contribution in [0.3, 0.4) is 0 Å². The Balaban J connectivity index is 2.41. The van der Waals surface area contributed by atoms with Gasteiger partial charge in [-0.25, -0.2) is 0 Å². The molecule has 0 saturated carbocycles. The van der Waals surface area contributed by atoms with Crippen molar-refractivity contribution in [3.63, 3.8) is 0 Å². The Bertz CT molecular complexity index is 479. The van der Waals surface area contributed by atoms with Gasteiger partial charge in [-0.2, -0.15) is 0 Å². The van der Waals surface area contributed by atoms with Crippen molar-refractivity contribution in [1.82, 2.24) is 4.98 Å². The van der Waals surface area contributed by atoms with Crippen LogP contribution in [0.5, 0.6) is 0 Å². The van der Waals surface area contributed by atoms with Crippen molar-refractivity contribution in [2.75, 3.05) is 0 Å². The van der Waals surface area contributed by atoms with E-state index in [4.69, 9.17) is 0 Å². The SMILES string of the molecule is Cc1ccc(C)c(C(O)c2cccnc2)c1. The second kappa shape index (κ2) is 4.45. The number of pyridine rings is 1. The fourth-order valence-corrected chi connectivity index (χ4v) is 1.77. The van der Waals surface area contributed by atoms with E-state index >= 15 is 0 Å². The highest BCUT2D eigenvalue weighted by molar-refractivity contribution is 5.36. The van der Waals surface area contributed by atoms with Crippen molar-refractivity contribution >= 4 is 0 Å². The number of aliphatic hydroxyl groups is 1. The maximum absolute atomic E-state index is 10.3. The molecule has 1 heterocycles. The van der Waals surface area contributed by atoms with Gasteiger partial charge < -0.3 is 5.11 Å². The van der Waals surface area contributed by atoms with Crippen LogP contribution < -0.4 is 0 Å². The van der Waals surface area contributed by atoms with Gasteiger partial charge in [0.2, 0.25) is 0 Å². The first-order valence-corrected chi connectivity index (χ1v) is 5.33. The summed E-state index contributed by atoms with van der Waals surface area (Å²) in [5, 5.41) is 10.3. The largest absolute Gasteiger partial charge is 0.384 e. The molecule has 1 atom stereocenters. The second-order valence-corrected chi connectivity index (χ2v) is 4.05. The van der Waals surface area contributed by atoms with Crippen LogP contribution in [0.15, 0.2) is 42.7 Å². The Kier molecular flexibility index (Phi) is 3.02. The zero-order chi connectivity index (χ0) is 11.5. The van der Waals surface area contributed by atoms with E-state index < -0.39 is 6.10 Å². The van der Waals surface area contributed by atoms with E-state index in [2.05, 4.69) is 11.1 Å². The summed E-state index contributed by atoms with van der Waals surface area (Å²) in [6.07, 6.45) is 2.82. The molecule has 2 nitrogen and oxygen atoms in total. The number of rotatable bonds is 2. The summed E-state index contributed by atoms with van der Waals surface area (Å²) in [5.41, 5.74) is 4.04. The van der Waals surface area contributed by atoms with E-state index in [-0.39, 0.29) is 0 Å². The zero-order valence-electron chi connectivity index (χ0n) is 9.51. The van der Waals surface area contributed by atoms with Gasteiger partial charge in [0.1, 0.15) is 6.10 Å². The first-order chi connectivity index (χ1) is 7.68. The molecule has 0 spiro atoms. The van der Waals surface area contributed by atoms with Crippen molar-refractivity contribution in [3.8, 4) is 0 Å². The predicted octanol–water partition coefficient (Wildman–Crippen LogP) is 2.78. The van der Waals surface area contributed by atoms with E-state index in [1.54, 1.807) is 12.4 Å². The van der Waals surface area contributed by atoms with Gasteiger partial charge in [0.15, 0.2) is 0 Å². The Morgan fingerprint density at radius 3 is 2.69 bits per heavy atom. The molecule has 0 amide bonds. The summed E-state index contributed by atoms with van der Waals surface area (Å²) < 4.78 is 0. The molecule has 0 aliphatic heterocycles. The smallest absolute Gasteiger partial charge is 0.106 e. The fraction of sp³-hybridized carbons (Fsp3) is 0.214. The van der Waals surface area contributed by atoms with Crippen molar-refractivity contribution in [3.05, 3.63) is 65.0 Å². The van der Waals surface area contributed by atoms with Crippen molar-refractivity contribution < 1.29 is 5.11 Å². The normalized spacial score (nSPS) is 12.4. The van der Waals surface area contributed by atoms with Gasteiger partial charge in [0, 0.05) is 18.0 Å². The Morgan fingerprint density at radius 2 is 2.00 bits per heavy atom. The standard InChI is InChI=1S/C14H15NO/c1-10-5-6-11(2)13(8-10)14(16)12-4-3-7-15-9-12/h3-9,14,16H,1-2H3. The number of benzene rings is 1. The highest BCUT2D eigenvalue weighted by Crippen LogP contribution is 2.24. The molecule has 0 fully saturated rings. The third kappa shape index (κ3) is 2.12. The van der Waals surface area contributed by atoms with Gasteiger partial charge in [0.25, 0.3) is 0 Å². The minimum atomic E-state index is -0.589. The molecular weight excluding hydrogens is 198 g/mol. The molecule has 0 aliphatic rings. The maximum Gasteiger partial charge on any atom is 0.106 e. The molecule has 1 N–H and O–H groups in total. The summed E-state index contributed by atoms with van der Waals surface area (Å²) in [4.78, 5) is 4.02. The lowest BCUT2D eigenvalue weighted by atomic mass is 9.97. The summed E-state index contributed by atoms with van der Waals surface area (Å²) in [6.45, 7) is 4.03. The molecule has 2 rings (SSSR count). The van der Waals surface area contributed by atoms with E-state index in [1.165, 1.54) is 0 Å². The number of aliphatic hydroxyl groups excluding tert-OH is 1. The van der Waals surface area contributed by atoms with Gasteiger partial charge in [0.05, 0.1) is 0 Å². The van der Waals surface area contributed by atoms with Gasteiger partial charge in [-0.1, -0.05) is 29.8 Å². The molecule has 2 heteroatoms. The van der Waals surface area contributed by atoms with Gasteiger partial charge in [-0.3, -0.25) is 4.98 Å². The molecule has 1 aromatic heterocycles. The third-order valence-electron chi connectivity index (χ3n) is 2.73. The van der Waals surface area contributed by atoms with E-state index in [0.29, 0.717) is 0 Å². The quantitative estimate of drug-likeness (QED) is 0.832. The Morgan fingerprint density at radius 1 is 1.19 bits per heavy atom. The topological polar surface area (TPSA) is 33.1 Å². The van der Waals surface area contributed by atoms with Gasteiger partial charge in [-0.05, 0) is 31.0 Å². The second-order valence-electron chi connectivity index (χ2n) is 4.05. The molecule has 0 aliphatic carbocycles. The number of aryl methyl sites for hydroxylation is 2. The molecule has 82 valence electrons. The number of hydrogen-bond acceptors (Lipinski definition) is 2. The van der Waals surface area contributed by atoms with Crippen LogP contribution >= 0.6 is 0 Å². The van der Waals surface area contributed by atoms with Crippen LogP contribution in [-0.2, 0) is 0 Å². The van der Waals surface area contributed by atoms with Crippen LogP contribution in [0.1, 0.15) is 28.4 Å². The molecule has 0 bridgehead atoms. The van der Waals surface area contributed by atoms with Crippen LogP contribution in [0, 0.1) is 13.8 Å². The minimum absolute atomic E-state index is 0.589. The number of hydrogen-bond donors (Lipinski definition) is 1. The monoisotopic (exact) mass is 213 g/mol. The van der Waals surface area contributed by atoms with Gasteiger partial charge in [-0.15, -0.1) is 0 Å². The van der Waals surface area contributed by atoms with Gasteiger partial charge >= 0.3 is 0 Å². The minimum Gasteiger partial charge on any atom is -0.384 e. The zero-order valence-corrected chi connectivity index (χ0v) is 9.51. The average Bonchev–Trinajstić information content (AvgIpc) is 2.32. The maximum atomic E-state index is 10.3. The summed E-state index contributed by atoms with van der Waals surface area (Å²) >= 11 is 0. The average molecular weight is 213 g/mol. The molecular formula is C14H15NO. The Labute approximate surface area is 95.6 Å². The summed E-state index contributed by atoms with van der Waals surface area (Å²) in [6, 6.07) is 9.83. The predicted molar refractivity (Wildman–Crippen MR) is 64.2 cm³/mol. The third-order valence-corrected chi connectivity index (χ3v) is 2.73. The summed E-state index contributed by atoms with van der Waals surface area (Å²) in [5.74, 6) is 0. The highest BCUT2D eigenvalue weighted by Gasteiger charge is 2.12. The molecule has 0 saturated heterocycles. The van der Waals surface area contributed by atoms with E-state index in [1.807, 2.05) is 38.1 Å². The lowest BCUT2D eigenvalue weighted by molar-refractivity contribution is 0.219. The van der Waals surface area contributed by atoms with Crippen LogP contribution in [0.4, 0.5) is 0 Å². The van der Waals surface area contributed by atoms with Crippen molar-refractivity contribution in [2.24, 2.45) is 0 Å².